The van der Waals surface area contributed by atoms with E-state index in [0.29, 0.717) is 0 Å². The second kappa shape index (κ2) is 8.27. The van der Waals surface area contributed by atoms with Gasteiger partial charge in [0, 0.05) is 21.9 Å². The van der Waals surface area contributed by atoms with Crippen LogP contribution in [0.2, 0.25) is 0 Å². The van der Waals surface area contributed by atoms with Crippen molar-refractivity contribution < 1.29 is 9.47 Å². The number of para-hydroxylation sites is 3. The smallest absolute Gasteiger partial charge is 0.260 e. The summed E-state index contributed by atoms with van der Waals surface area (Å²) in [6.45, 7) is 0.0900. The maximum Gasteiger partial charge on any atom is 0.260 e. The van der Waals surface area contributed by atoms with E-state index in [1.165, 1.54) is 38.4 Å². The van der Waals surface area contributed by atoms with Crippen LogP contribution in [0.1, 0.15) is 12.8 Å². The van der Waals surface area contributed by atoms with Crippen molar-refractivity contribution in [1.29, 1.82) is 0 Å². The molecule has 0 N–H and O–H groups in total. The lowest BCUT2D eigenvalue weighted by atomic mass is 9.35. The van der Waals surface area contributed by atoms with Crippen molar-refractivity contribution in [2.75, 3.05) is 0 Å². The van der Waals surface area contributed by atoms with E-state index in [-0.39, 0.29) is 6.71 Å². The van der Waals surface area contributed by atoms with E-state index in [1.54, 1.807) is 0 Å². The summed E-state index contributed by atoms with van der Waals surface area (Å²) in [5.74, 6) is 3.56. The zero-order chi connectivity index (χ0) is 26.2. The Morgan fingerprint density at radius 1 is 0.600 bits per heavy atom. The third kappa shape index (κ3) is 3.08. The van der Waals surface area contributed by atoms with Crippen molar-refractivity contribution in [2.24, 2.45) is 0 Å². The van der Waals surface area contributed by atoms with Gasteiger partial charge in [-0.05, 0) is 83.4 Å². The lowest BCUT2D eigenvalue weighted by Gasteiger charge is -2.33. The van der Waals surface area contributed by atoms with E-state index in [1.807, 2.05) is 12.1 Å². The van der Waals surface area contributed by atoms with Crippen molar-refractivity contribution in [3.8, 4) is 34.1 Å². The van der Waals surface area contributed by atoms with Gasteiger partial charge in [-0.15, -0.1) is 0 Å². The molecule has 6 aromatic rings. The molecule has 0 amide bonds. The molecule has 9 rings (SSSR count). The van der Waals surface area contributed by atoms with Crippen molar-refractivity contribution in [3.05, 3.63) is 121 Å². The van der Waals surface area contributed by atoms with Crippen molar-refractivity contribution >= 4 is 50.6 Å². The molecule has 0 saturated carbocycles. The molecular formula is C36H24BNO2. The van der Waals surface area contributed by atoms with Crippen molar-refractivity contribution in [2.45, 2.75) is 12.8 Å². The fourth-order valence-corrected chi connectivity index (χ4v) is 6.80. The number of nitrogens with zero attached hydrogens (tertiary/aromatic N) is 1. The number of benzene rings is 5. The van der Waals surface area contributed by atoms with Gasteiger partial charge in [-0.1, -0.05) is 72.8 Å². The number of ether oxygens (including phenoxy) is 2. The Labute approximate surface area is 232 Å². The molecule has 3 nitrogen and oxygen atoms in total. The first-order chi connectivity index (χ1) is 19.8. The molecule has 3 heterocycles. The molecule has 1 aliphatic carbocycles. The zero-order valence-corrected chi connectivity index (χ0v) is 21.8. The molecule has 0 atom stereocenters. The largest absolute Gasteiger partial charge is 0.458 e. The van der Waals surface area contributed by atoms with Crippen LogP contribution in [0.15, 0.2) is 121 Å². The first kappa shape index (κ1) is 21.9. The average Bonchev–Trinajstić information content (AvgIpc) is 3.35. The number of fused-ring (bicyclic) bond motifs is 7. The molecule has 1 aromatic heterocycles. The molecule has 40 heavy (non-hydrogen) atoms. The highest BCUT2D eigenvalue weighted by Crippen LogP contribution is 2.40. The molecular weight excluding hydrogens is 489 g/mol. The first-order valence-electron chi connectivity index (χ1n) is 13.9. The van der Waals surface area contributed by atoms with Gasteiger partial charge in [-0.3, -0.25) is 0 Å². The topological polar surface area (TPSA) is 23.4 Å². The number of hydrogen-bond donors (Lipinski definition) is 0. The van der Waals surface area contributed by atoms with Crippen LogP contribution in [-0.2, 0) is 0 Å². The molecule has 0 fully saturated rings. The predicted octanol–water partition coefficient (Wildman–Crippen LogP) is 7.38. The van der Waals surface area contributed by atoms with Gasteiger partial charge in [0.1, 0.15) is 23.0 Å². The molecule has 0 saturated heterocycles. The minimum Gasteiger partial charge on any atom is -0.458 e. The zero-order valence-electron chi connectivity index (χ0n) is 21.8. The highest BCUT2D eigenvalue weighted by atomic mass is 16.5. The molecule has 0 bridgehead atoms. The Bertz CT molecular complexity index is 2010. The summed E-state index contributed by atoms with van der Waals surface area (Å²) < 4.78 is 15.5. The van der Waals surface area contributed by atoms with E-state index >= 15 is 0 Å². The van der Waals surface area contributed by atoms with Crippen LogP contribution >= 0.6 is 0 Å². The summed E-state index contributed by atoms with van der Waals surface area (Å²) in [6.07, 6.45) is 8.78. The maximum atomic E-state index is 6.54. The minimum atomic E-state index is 0.0900. The third-order valence-electron chi connectivity index (χ3n) is 8.58. The molecule has 0 radical (unpaired) electrons. The Hall–Kier alpha value is -4.96. The number of aromatic nitrogens is 1. The normalized spacial score (nSPS) is 14.7. The molecule has 5 aromatic carbocycles. The Morgan fingerprint density at radius 2 is 1.27 bits per heavy atom. The second-order valence-electron chi connectivity index (χ2n) is 10.8. The lowest BCUT2D eigenvalue weighted by molar-refractivity contribution is 0.465. The van der Waals surface area contributed by atoms with E-state index in [9.17, 15) is 0 Å². The van der Waals surface area contributed by atoms with Gasteiger partial charge < -0.3 is 14.0 Å². The molecule has 2 aliphatic heterocycles. The van der Waals surface area contributed by atoms with Gasteiger partial charge in [0.2, 0.25) is 0 Å². The number of rotatable bonds is 2. The summed E-state index contributed by atoms with van der Waals surface area (Å²) >= 11 is 0. The molecule has 188 valence electrons. The summed E-state index contributed by atoms with van der Waals surface area (Å²) in [5.41, 5.74) is 9.53. The summed E-state index contributed by atoms with van der Waals surface area (Å²) in [4.78, 5) is 0. The Morgan fingerprint density at radius 3 is 2.00 bits per heavy atom. The van der Waals surface area contributed by atoms with Crippen molar-refractivity contribution in [1.82, 2.24) is 4.57 Å². The fourth-order valence-electron chi connectivity index (χ4n) is 6.80. The van der Waals surface area contributed by atoms with Gasteiger partial charge in [0.05, 0.1) is 11.0 Å². The standard InChI is InChI=1S/C36H24BNO2/c1-2-10-25(11-3-1)38-30-15-7-4-12-26(30)27-20-23(18-19-31(27)38)24-21-34-36-35(22-24)40-33-17-9-6-14-29(33)37(36)28-13-5-8-16-32(28)39-34/h1-2,4-10,12-22H,3,11H2. The van der Waals surface area contributed by atoms with Gasteiger partial charge in [-0.25, -0.2) is 0 Å². The van der Waals surface area contributed by atoms with E-state index in [2.05, 4.69) is 114 Å². The van der Waals surface area contributed by atoms with Crippen LogP contribution in [-0.4, -0.2) is 11.3 Å². The van der Waals surface area contributed by atoms with Crippen LogP contribution in [0.25, 0.3) is 38.6 Å². The van der Waals surface area contributed by atoms with Crippen LogP contribution in [0, 0.1) is 0 Å². The molecule has 0 spiro atoms. The highest BCUT2D eigenvalue weighted by molar-refractivity contribution is 6.98. The van der Waals surface area contributed by atoms with Crippen LogP contribution in [0.4, 0.5) is 0 Å². The van der Waals surface area contributed by atoms with Crippen LogP contribution in [0.3, 0.4) is 0 Å². The monoisotopic (exact) mass is 513 g/mol. The van der Waals surface area contributed by atoms with E-state index < -0.39 is 0 Å². The summed E-state index contributed by atoms with van der Waals surface area (Å²) in [7, 11) is 0. The SMILES string of the molecule is C1=CCCC(n2c3ccccc3c3cc(-c4cc5c6c(c4)Oc4ccccc4B6c4ccccc4O5)ccc32)=C1. The van der Waals surface area contributed by atoms with Gasteiger partial charge in [0.25, 0.3) is 6.71 Å². The molecule has 0 unspecified atom stereocenters. The molecule has 4 heteroatoms. The Kier molecular flexibility index (Phi) is 4.53. The summed E-state index contributed by atoms with van der Waals surface area (Å²) in [5, 5.41) is 2.52. The highest BCUT2D eigenvalue weighted by Gasteiger charge is 2.40. The van der Waals surface area contributed by atoms with Gasteiger partial charge >= 0.3 is 0 Å². The van der Waals surface area contributed by atoms with Crippen LogP contribution in [0.5, 0.6) is 23.0 Å². The van der Waals surface area contributed by atoms with Crippen LogP contribution < -0.4 is 25.9 Å². The maximum absolute atomic E-state index is 6.54. The summed E-state index contributed by atoms with van der Waals surface area (Å²) in [6, 6.07) is 36.7. The first-order valence-corrected chi connectivity index (χ1v) is 13.9. The average molecular weight is 513 g/mol. The van der Waals surface area contributed by atoms with E-state index in [4.69, 9.17) is 9.47 Å². The quantitative estimate of drug-likeness (QED) is 0.225. The fraction of sp³-hybridized carbons (Fsp3) is 0.0556. The number of hydrogen-bond acceptors (Lipinski definition) is 2. The van der Waals surface area contributed by atoms with Gasteiger partial charge in [0.15, 0.2) is 0 Å². The van der Waals surface area contributed by atoms with Gasteiger partial charge in [-0.2, -0.15) is 0 Å². The van der Waals surface area contributed by atoms with E-state index in [0.717, 1.165) is 52.4 Å². The number of allylic oxidation sites excluding steroid dienone is 4. The minimum absolute atomic E-state index is 0.0900. The Balaban J connectivity index is 1.25. The van der Waals surface area contributed by atoms with Crippen molar-refractivity contribution in [3.63, 3.8) is 0 Å². The molecule has 3 aliphatic rings. The predicted molar refractivity (Wildman–Crippen MR) is 165 cm³/mol. The second-order valence-corrected chi connectivity index (χ2v) is 10.8. The lowest BCUT2D eigenvalue weighted by Crippen LogP contribution is -2.57. The third-order valence-corrected chi connectivity index (χ3v) is 8.58.